The first-order chi connectivity index (χ1) is 19.5. The lowest BCUT2D eigenvalue weighted by Gasteiger charge is -2.39. The van der Waals surface area contributed by atoms with Crippen LogP contribution in [0.5, 0.6) is 0 Å². The van der Waals surface area contributed by atoms with Gasteiger partial charge in [-0.1, -0.05) is 45.9 Å². The number of nitrogens with zero attached hydrogens (tertiary/aromatic N) is 1. The van der Waals surface area contributed by atoms with Crippen molar-refractivity contribution in [3.8, 4) is 0 Å². The average molecular weight is 590 g/mol. The number of nitrogens with one attached hydrogen (secondary N) is 2. The number of aryl methyl sites for hydroxylation is 1. The van der Waals surface area contributed by atoms with E-state index >= 15 is 0 Å². The first kappa shape index (κ1) is 36.9. The Morgan fingerprint density at radius 3 is 2.14 bits per heavy atom. The Morgan fingerprint density at radius 2 is 1.60 bits per heavy atom. The highest BCUT2D eigenvalue weighted by molar-refractivity contribution is 5.92. The zero-order chi connectivity index (χ0) is 32.2. The normalized spacial score (nSPS) is 13.7. The molecule has 3 atom stereocenters. The minimum absolute atomic E-state index is 0.0200. The number of hydrogen-bond donors (Lipinski definition) is 2. The molecule has 0 aliphatic rings. The summed E-state index contributed by atoms with van der Waals surface area (Å²) in [5, 5.41) is 5.68. The molecule has 1 aromatic carbocycles. The van der Waals surface area contributed by atoms with Crippen molar-refractivity contribution in [1.82, 2.24) is 15.5 Å². The smallest absolute Gasteiger partial charge is 0.408 e. The van der Waals surface area contributed by atoms with Crippen molar-refractivity contribution in [3.05, 3.63) is 34.9 Å². The van der Waals surface area contributed by atoms with Gasteiger partial charge in [0.05, 0.1) is 13.0 Å². The van der Waals surface area contributed by atoms with Gasteiger partial charge in [0, 0.05) is 12.6 Å². The van der Waals surface area contributed by atoms with E-state index in [9.17, 15) is 19.2 Å². The van der Waals surface area contributed by atoms with Gasteiger partial charge in [0.1, 0.15) is 17.7 Å². The van der Waals surface area contributed by atoms with Crippen LogP contribution in [0.2, 0.25) is 0 Å². The summed E-state index contributed by atoms with van der Waals surface area (Å²) in [4.78, 5) is 55.0. The number of benzene rings is 1. The second kappa shape index (κ2) is 17.1. The van der Waals surface area contributed by atoms with E-state index in [0.717, 1.165) is 17.5 Å². The van der Waals surface area contributed by atoms with Crippen LogP contribution >= 0.6 is 0 Å². The first-order valence-electron chi connectivity index (χ1n) is 15.3. The van der Waals surface area contributed by atoms with Crippen LogP contribution in [0.15, 0.2) is 18.2 Å². The number of esters is 1. The maximum Gasteiger partial charge on any atom is 0.408 e. The Balaban J connectivity index is 3.66. The third-order valence-corrected chi connectivity index (χ3v) is 6.99. The summed E-state index contributed by atoms with van der Waals surface area (Å²) in [6.45, 7) is 21.4. The number of amides is 3. The lowest BCUT2D eigenvalue weighted by molar-refractivity contribution is -0.146. The SMILES string of the molecule is CCOC(=O)CCNC(=O)C(c1cccc(C)c1C)N(C(=O)C(CC(C)C)NC(=O)OC(C)(C)C)C(C)CCC(C)C. The van der Waals surface area contributed by atoms with Gasteiger partial charge in [-0.3, -0.25) is 14.4 Å². The lowest BCUT2D eigenvalue weighted by Crippen LogP contribution is -2.56. The Kier molecular flexibility index (Phi) is 15.1. The molecule has 3 amide bonds. The fourth-order valence-corrected chi connectivity index (χ4v) is 4.74. The van der Waals surface area contributed by atoms with Gasteiger partial charge in [0.2, 0.25) is 11.8 Å². The molecule has 1 rings (SSSR count). The zero-order valence-electron chi connectivity index (χ0n) is 27.8. The van der Waals surface area contributed by atoms with Gasteiger partial charge >= 0.3 is 12.1 Å². The Hall–Kier alpha value is -3.10. The lowest BCUT2D eigenvalue weighted by atomic mass is 9.92. The summed E-state index contributed by atoms with van der Waals surface area (Å²) in [6.07, 6.45) is 1.23. The van der Waals surface area contributed by atoms with Crippen LogP contribution in [-0.4, -0.2) is 59.6 Å². The van der Waals surface area contributed by atoms with E-state index in [4.69, 9.17) is 9.47 Å². The third kappa shape index (κ3) is 12.4. The summed E-state index contributed by atoms with van der Waals surface area (Å²) >= 11 is 0. The van der Waals surface area contributed by atoms with Gasteiger partial charge in [0.25, 0.3) is 0 Å². The fourth-order valence-electron chi connectivity index (χ4n) is 4.74. The van der Waals surface area contributed by atoms with E-state index in [0.29, 0.717) is 24.3 Å². The number of ether oxygens (including phenoxy) is 2. The minimum atomic E-state index is -0.975. The van der Waals surface area contributed by atoms with E-state index in [2.05, 4.69) is 24.5 Å². The standard InChI is InChI=1S/C33H55N3O6/c1-12-41-28(37)18-19-34-30(38)29(26-15-13-14-23(6)25(26)8)36(24(7)17-16-21(2)3)31(39)27(20-22(4)5)35-32(40)42-33(9,10)11/h13-15,21-22,24,27,29H,12,16-20H2,1-11H3,(H,34,38)(H,35,40). The molecule has 0 aromatic heterocycles. The quantitative estimate of drug-likeness (QED) is 0.242. The van der Waals surface area contributed by atoms with E-state index in [1.165, 1.54) is 0 Å². The van der Waals surface area contributed by atoms with Crippen molar-refractivity contribution in [1.29, 1.82) is 0 Å². The molecule has 0 spiro atoms. The van der Waals surface area contributed by atoms with Gasteiger partial charge in [-0.15, -0.1) is 0 Å². The summed E-state index contributed by atoms with van der Waals surface area (Å²) in [7, 11) is 0. The minimum Gasteiger partial charge on any atom is -0.466 e. The first-order valence-corrected chi connectivity index (χ1v) is 15.3. The molecule has 42 heavy (non-hydrogen) atoms. The van der Waals surface area contributed by atoms with Gasteiger partial charge in [-0.25, -0.2) is 4.79 Å². The maximum absolute atomic E-state index is 14.6. The molecule has 0 fully saturated rings. The molecule has 0 saturated heterocycles. The van der Waals surface area contributed by atoms with E-state index in [1.54, 1.807) is 32.6 Å². The van der Waals surface area contributed by atoms with Crippen LogP contribution in [0.25, 0.3) is 0 Å². The number of carbonyl (C=O) groups excluding carboxylic acids is 4. The second-order valence-corrected chi connectivity index (χ2v) is 12.9. The Morgan fingerprint density at radius 1 is 0.952 bits per heavy atom. The summed E-state index contributed by atoms with van der Waals surface area (Å²) in [5.74, 6) is -0.666. The molecule has 2 N–H and O–H groups in total. The number of rotatable bonds is 15. The third-order valence-electron chi connectivity index (χ3n) is 6.99. The molecule has 0 aliphatic carbocycles. The Bertz CT molecular complexity index is 1050. The highest BCUT2D eigenvalue weighted by Crippen LogP contribution is 2.31. The van der Waals surface area contributed by atoms with Crippen molar-refractivity contribution in [2.45, 2.75) is 126 Å². The predicted octanol–water partition coefficient (Wildman–Crippen LogP) is 6.01. The molecule has 9 nitrogen and oxygen atoms in total. The largest absolute Gasteiger partial charge is 0.466 e. The molecule has 9 heteroatoms. The molecule has 0 bridgehead atoms. The van der Waals surface area contributed by atoms with Gasteiger partial charge in [-0.05, 0) is 96.3 Å². The van der Waals surface area contributed by atoms with E-state index in [1.807, 2.05) is 52.8 Å². The average Bonchev–Trinajstić information content (AvgIpc) is 2.85. The van der Waals surface area contributed by atoms with Gasteiger partial charge < -0.3 is 25.0 Å². The van der Waals surface area contributed by atoms with E-state index in [-0.39, 0.29) is 37.4 Å². The highest BCUT2D eigenvalue weighted by Gasteiger charge is 2.39. The fraction of sp³-hybridized carbons (Fsp3) is 0.697. The van der Waals surface area contributed by atoms with Crippen LogP contribution < -0.4 is 10.6 Å². The van der Waals surface area contributed by atoms with Crippen LogP contribution in [-0.2, 0) is 23.9 Å². The number of alkyl carbamates (subject to hydrolysis) is 1. The Labute approximate surface area is 253 Å². The molecule has 3 unspecified atom stereocenters. The number of carbonyl (C=O) groups is 4. The monoisotopic (exact) mass is 589 g/mol. The molecular weight excluding hydrogens is 534 g/mol. The zero-order valence-corrected chi connectivity index (χ0v) is 27.8. The molecule has 0 saturated carbocycles. The van der Waals surface area contributed by atoms with Crippen molar-refractivity contribution in [2.75, 3.05) is 13.2 Å². The van der Waals surface area contributed by atoms with Crippen molar-refractivity contribution < 1.29 is 28.7 Å². The predicted molar refractivity (Wildman–Crippen MR) is 166 cm³/mol. The molecule has 0 aliphatic heterocycles. The number of hydrogen-bond acceptors (Lipinski definition) is 6. The highest BCUT2D eigenvalue weighted by atomic mass is 16.6. The molecule has 238 valence electrons. The van der Waals surface area contributed by atoms with Crippen molar-refractivity contribution in [3.63, 3.8) is 0 Å². The van der Waals surface area contributed by atoms with Crippen LogP contribution in [0.4, 0.5) is 4.79 Å². The molecular formula is C33H55N3O6. The molecule has 1 aromatic rings. The summed E-state index contributed by atoms with van der Waals surface area (Å²) < 4.78 is 10.5. The maximum atomic E-state index is 14.6. The van der Waals surface area contributed by atoms with Gasteiger partial charge in [-0.2, -0.15) is 0 Å². The van der Waals surface area contributed by atoms with Crippen molar-refractivity contribution in [2.24, 2.45) is 11.8 Å². The second-order valence-electron chi connectivity index (χ2n) is 12.9. The summed E-state index contributed by atoms with van der Waals surface area (Å²) in [6, 6.07) is 3.51. The van der Waals surface area contributed by atoms with Crippen LogP contribution in [0, 0.1) is 25.7 Å². The van der Waals surface area contributed by atoms with Crippen LogP contribution in [0.3, 0.4) is 0 Å². The van der Waals surface area contributed by atoms with E-state index < -0.39 is 35.7 Å². The van der Waals surface area contributed by atoms with Crippen LogP contribution in [0.1, 0.15) is 111 Å². The van der Waals surface area contributed by atoms with Crippen molar-refractivity contribution >= 4 is 23.9 Å². The van der Waals surface area contributed by atoms with Gasteiger partial charge in [0.15, 0.2) is 0 Å². The summed E-state index contributed by atoms with van der Waals surface area (Å²) in [5.41, 5.74) is 1.86. The topological polar surface area (TPSA) is 114 Å². The molecule has 0 heterocycles. The molecule has 0 radical (unpaired) electrons.